The molecule has 0 fully saturated rings. The number of hydrogen-bond donors (Lipinski definition) is 2. The van der Waals surface area contributed by atoms with E-state index in [2.05, 4.69) is 18.7 Å². The highest BCUT2D eigenvalue weighted by Crippen LogP contribution is 1.97. The van der Waals surface area contributed by atoms with Crippen LogP contribution in [0.5, 0.6) is 0 Å². The van der Waals surface area contributed by atoms with Crippen LogP contribution in [0.25, 0.3) is 0 Å². The van der Waals surface area contributed by atoms with Gasteiger partial charge in [-0.2, -0.15) is 0 Å². The van der Waals surface area contributed by atoms with Gasteiger partial charge in [-0.15, -0.1) is 0 Å². The van der Waals surface area contributed by atoms with Crippen LogP contribution in [0.15, 0.2) is 0 Å². The van der Waals surface area contributed by atoms with Crippen molar-refractivity contribution in [2.75, 3.05) is 26.2 Å². The fourth-order valence-electron chi connectivity index (χ4n) is 1.12. The van der Waals surface area contributed by atoms with E-state index in [1.807, 2.05) is 0 Å². The molecule has 0 radical (unpaired) electrons. The van der Waals surface area contributed by atoms with E-state index in [-0.39, 0.29) is 6.61 Å². The molecule has 0 aliphatic rings. The van der Waals surface area contributed by atoms with E-state index in [1.165, 1.54) is 0 Å². The lowest BCUT2D eigenvalue weighted by molar-refractivity contribution is 0.161. The Bertz CT molecular complexity index is 82.2. The van der Waals surface area contributed by atoms with Gasteiger partial charge < -0.3 is 10.8 Å². The van der Waals surface area contributed by atoms with E-state index in [0.717, 1.165) is 19.5 Å². The molecule has 0 rings (SSSR count). The van der Waals surface area contributed by atoms with Crippen molar-refractivity contribution in [1.29, 1.82) is 0 Å². The second kappa shape index (κ2) is 6.58. The van der Waals surface area contributed by atoms with Gasteiger partial charge in [0.1, 0.15) is 0 Å². The quantitative estimate of drug-likeness (QED) is 0.576. The highest BCUT2D eigenvalue weighted by molar-refractivity contribution is 4.66. The first-order valence-electron chi connectivity index (χ1n) is 4.31. The van der Waals surface area contributed by atoms with E-state index in [9.17, 15) is 0 Å². The van der Waals surface area contributed by atoms with Crippen LogP contribution < -0.4 is 5.73 Å². The van der Waals surface area contributed by atoms with Crippen molar-refractivity contribution < 1.29 is 5.11 Å². The van der Waals surface area contributed by atoms with Crippen molar-refractivity contribution in [3.8, 4) is 0 Å². The Morgan fingerprint density at radius 1 is 1.45 bits per heavy atom. The molecule has 1 unspecified atom stereocenters. The average Bonchev–Trinajstić information content (AvgIpc) is 2.03. The van der Waals surface area contributed by atoms with Gasteiger partial charge in [-0.25, -0.2) is 0 Å². The Morgan fingerprint density at radius 2 is 2.09 bits per heavy atom. The Hall–Kier alpha value is -0.120. The maximum Gasteiger partial charge on any atom is 0.0558 e. The average molecular weight is 160 g/mol. The minimum Gasteiger partial charge on any atom is -0.395 e. The lowest BCUT2D eigenvalue weighted by atomic mass is 10.2. The summed E-state index contributed by atoms with van der Waals surface area (Å²) in [7, 11) is 0. The van der Waals surface area contributed by atoms with Crippen LogP contribution in [0.1, 0.15) is 20.3 Å². The van der Waals surface area contributed by atoms with Crippen molar-refractivity contribution in [3.63, 3.8) is 0 Å². The minimum absolute atomic E-state index is 0.227. The molecular formula is C8H20N2O. The Labute approximate surface area is 69.2 Å². The fraction of sp³-hybridized carbons (Fsp3) is 1.00. The summed E-state index contributed by atoms with van der Waals surface area (Å²) in [6.07, 6.45) is 1.12. The van der Waals surface area contributed by atoms with Gasteiger partial charge in [0.05, 0.1) is 6.61 Å². The molecule has 0 aliphatic heterocycles. The molecule has 0 heterocycles. The molecule has 0 amide bonds. The standard InChI is InChI=1S/C8H20N2O/c1-3-4-10(5-6-11)8(2)7-9/h8,11H,3-7,9H2,1-2H3. The van der Waals surface area contributed by atoms with Crippen LogP contribution in [-0.2, 0) is 0 Å². The van der Waals surface area contributed by atoms with Gasteiger partial charge in [0.15, 0.2) is 0 Å². The van der Waals surface area contributed by atoms with Gasteiger partial charge in [0.2, 0.25) is 0 Å². The second-order valence-electron chi connectivity index (χ2n) is 2.84. The summed E-state index contributed by atoms with van der Waals surface area (Å²) >= 11 is 0. The Morgan fingerprint density at radius 3 is 2.45 bits per heavy atom. The molecule has 3 N–H and O–H groups in total. The van der Waals surface area contributed by atoms with Crippen molar-refractivity contribution in [1.82, 2.24) is 4.90 Å². The molecule has 68 valence electrons. The van der Waals surface area contributed by atoms with Gasteiger partial charge in [-0.05, 0) is 19.9 Å². The largest absolute Gasteiger partial charge is 0.395 e. The molecule has 3 heteroatoms. The topological polar surface area (TPSA) is 49.5 Å². The third-order valence-electron chi connectivity index (χ3n) is 1.86. The van der Waals surface area contributed by atoms with Crippen LogP contribution in [0.4, 0.5) is 0 Å². The number of hydrogen-bond acceptors (Lipinski definition) is 3. The summed E-state index contributed by atoms with van der Waals surface area (Å²) in [6, 6.07) is 0.391. The first-order valence-corrected chi connectivity index (χ1v) is 4.31. The maximum atomic E-state index is 8.73. The number of nitrogens with zero attached hydrogens (tertiary/aromatic N) is 1. The third-order valence-corrected chi connectivity index (χ3v) is 1.86. The Balaban J connectivity index is 3.66. The molecule has 0 saturated carbocycles. The van der Waals surface area contributed by atoms with E-state index in [1.54, 1.807) is 0 Å². The molecule has 0 aromatic heterocycles. The van der Waals surface area contributed by atoms with Crippen molar-refractivity contribution in [2.45, 2.75) is 26.3 Å². The predicted molar refractivity (Wildman–Crippen MR) is 47.5 cm³/mol. The summed E-state index contributed by atoms with van der Waals surface area (Å²) in [5, 5.41) is 8.73. The molecular weight excluding hydrogens is 140 g/mol. The molecule has 11 heavy (non-hydrogen) atoms. The van der Waals surface area contributed by atoms with E-state index in [0.29, 0.717) is 12.6 Å². The molecule has 0 bridgehead atoms. The van der Waals surface area contributed by atoms with E-state index < -0.39 is 0 Å². The summed E-state index contributed by atoms with van der Waals surface area (Å²) in [6.45, 7) is 6.88. The molecule has 0 aromatic carbocycles. The smallest absolute Gasteiger partial charge is 0.0558 e. The lowest BCUT2D eigenvalue weighted by Gasteiger charge is -2.26. The highest BCUT2D eigenvalue weighted by atomic mass is 16.3. The SMILES string of the molecule is CCCN(CCO)C(C)CN. The third kappa shape index (κ3) is 4.35. The van der Waals surface area contributed by atoms with Crippen LogP contribution >= 0.6 is 0 Å². The van der Waals surface area contributed by atoms with E-state index in [4.69, 9.17) is 10.8 Å². The van der Waals surface area contributed by atoms with E-state index >= 15 is 0 Å². The van der Waals surface area contributed by atoms with Crippen molar-refractivity contribution in [2.24, 2.45) is 5.73 Å². The van der Waals surface area contributed by atoms with Crippen LogP contribution in [0.3, 0.4) is 0 Å². The summed E-state index contributed by atoms with van der Waals surface area (Å²) in [5.41, 5.74) is 5.51. The zero-order valence-electron chi connectivity index (χ0n) is 7.58. The number of nitrogens with two attached hydrogens (primary N) is 1. The summed E-state index contributed by atoms with van der Waals surface area (Å²) in [5.74, 6) is 0. The van der Waals surface area contributed by atoms with Gasteiger partial charge in [0.25, 0.3) is 0 Å². The minimum atomic E-state index is 0.227. The van der Waals surface area contributed by atoms with Crippen LogP contribution in [0.2, 0.25) is 0 Å². The molecule has 0 aromatic rings. The van der Waals surface area contributed by atoms with Gasteiger partial charge >= 0.3 is 0 Å². The van der Waals surface area contributed by atoms with Crippen LogP contribution in [-0.4, -0.2) is 42.3 Å². The van der Waals surface area contributed by atoms with Crippen molar-refractivity contribution in [3.05, 3.63) is 0 Å². The first kappa shape index (κ1) is 10.9. The number of aliphatic hydroxyl groups excluding tert-OH is 1. The molecule has 0 saturated heterocycles. The predicted octanol–water partition coefficient (Wildman–Crippen LogP) is 0.0379. The van der Waals surface area contributed by atoms with Gasteiger partial charge in [0, 0.05) is 19.1 Å². The monoisotopic (exact) mass is 160 g/mol. The fourth-order valence-corrected chi connectivity index (χ4v) is 1.12. The number of aliphatic hydroxyl groups is 1. The lowest BCUT2D eigenvalue weighted by Crippen LogP contribution is -2.40. The second-order valence-corrected chi connectivity index (χ2v) is 2.84. The maximum absolute atomic E-state index is 8.73. The molecule has 3 nitrogen and oxygen atoms in total. The normalized spacial score (nSPS) is 13.9. The van der Waals surface area contributed by atoms with Gasteiger partial charge in [-0.3, -0.25) is 4.90 Å². The Kier molecular flexibility index (Phi) is 6.51. The summed E-state index contributed by atoms with van der Waals surface area (Å²) in [4.78, 5) is 2.21. The number of rotatable bonds is 6. The van der Waals surface area contributed by atoms with Crippen LogP contribution in [0, 0.1) is 0 Å². The van der Waals surface area contributed by atoms with Crippen molar-refractivity contribution >= 4 is 0 Å². The summed E-state index contributed by atoms with van der Waals surface area (Å²) < 4.78 is 0. The molecule has 1 atom stereocenters. The first-order chi connectivity index (χ1) is 5.26. The molecule has 0 aliphatic carbocycles. The highest BCUT2D eigenvalue weighted by Gasteiger charge is 2.09. The zero-order valence-corrected chi connectivity index (χ0v) is 7.58. The molecule has 0 spiro atoms. The zero-order chi connectivity index (χ0) is 8.69. The van der Waals surface area contributed by atoms with Gasteiger partial charge in [-0.1, -0.05) is 6.92 Å².